The second-order valence-electron chi connectivity index (χ2n) is 1.19. The van der Waals surface area contributed by atoms with Crippen LogP contribution in [0.25, 0.3) is 0 Å². The van der Waals surface area contributed by atoms with Gasteiger partial charge in [0, 0.05) is 0 Å². The molecule has 0 aliphatic rings. The molecule has 0 radical (unpaired) electrons. The molecule has 1 unspecified atom stereocenters. The number of hydroxylamine groups is 1. The van der Waals surface area contributed by atoms with Crippen LogP contribution < -0.4 is 5.48 Å². The van der Waals surface area contributed by atoms with Crippen molar-refractivity contribution in [2.24, 2.45) is 0 Å². The van der Waals surface area contributed by atoms with Crippen molar-refractivity contribution in [3.05, 3.63) is 0 Å². The highest BCUT2D eigenvalue weighted by molar-refractivity contribution is 7.96. The summed E-state index contributed by atoms with van der Waals surface area (Å²) in [5.74, 6) is 0. The lowest BCUT2D eigenvalue weighted by Crippen LogP contribution is -2.27. The molecular weight excluding hydrogens is 114 g/mol. The molecule has 0 heterocycles. The molecule has 0 rings (SSSR count). The van der Waals surface area contributed by atoms with E-state index >= 15 is 0 Å². The number of carbonyl (C=O) groups excluding carboxylic acids is 1. The predicted molar refractivity (Wildman–Crippen MR) is 28.4 cm³/mol. The van der Waals surface area contributed by atoms with Crippen LogP contribution in [0.2, 0.25) is 0 Å². The molecule has 0 aliphatic carbocycles. The fourth-order valence-electron chi connectivity index (χ4n) is 0.0552. The van der Waals surface area contributed by atoms with Gasteiger partial charge in [-0.1, -0.05) is 0 Å². The van der Waals surface area contributed by atoms with Crippen LogP contribution in [0.3, 0.4) is 0 Å². The van der Waals surface area contributed by atoms with Gasteiger partial charge in [-0.05, 0) is 6.92 Å². The number of thiol groups is 1. The van der Waals surface area contributed by atoms with Crippen LogP contribution in [0, 0.1) is 0 Å². The van der Waals surface area contributed by atoms with E-state index in [9.17, 15) is 4.79 Å². The fraction of sp³-hybridized carbons (Fsp3) is 0.667. The Balaban J connectivity index is 3.34. The van der Waals surface area contributed by atoms with Gasteiger partial charge in [-0.2, -0.15) is 5.48 Å². The maximum absolute atomic E-state index is 10.0. The van der Waals surface area contributed by atoms with Crippen LogP contribution in [0.5, 0.6) is 0 Å². The monoisotopic (exact) mass is 121 g/mol. The number of hydrogen-bond donors (Lipinski definition) is 3. The summed E-state index contributed by atoms with van der Waals surface area (Å²) >= 11 is 3.41. The van der Waals surface area contributed by atoms with Gasteiger partial charge in [0.2, 0.25) is 5.12 Å². The third-order valence-electron chi connectivity index (χ3n) is 0.564. The van der Waals surface area contributed by atoms with Gasteiger partial charge in [0.15, 0.2) is 0 Å². The summed E-state index contributed by atoms with van der Waals surface area (Å²) in [6.45, 7) is 1.51. The first kappa shape index (κ1) is 6.94. The highest BCUT2D eigenvalue weighted by Gasteiger charge is 2.03. The van der Waals surface area contributed by atoms with Gasteiger partial charge in [-0.15, -0.1) is 12.6 Å². The SMILES string of the molecule is CC(NO)C(=O)S. The quantitative estimate of drug-likeness (QED) is 0.350. The van der Waals surface area contributed by atoms with Crippen LogP contribution in [0.15, 0.2) is 0 Å². The number of carbonyl (C=O) groups is 1. The Hall–Kier alpha value is -0.0600. The van der Waals surface area contributed by atoms with E-state index in [0.29, 0.717) is 0 Å². The van der Waals surface area contributed by atoms with E-state index in [1.807, 2.05) is 0 Å². The van der Waals surface area contributed by atoms with Gasteiger partial charge < -0.3 is 5.21 Å². The second kappa shape index (κ2) is 3.01. The largest absolute Gasteiger partial charge is 0.316 e. The Morgan fingerprint density at radius 1 is 2.00 bits per heavy atom. The highest BCUT2D eigenvalue weighted by atomic mass is 32.1. The van der Waals surface area contributed by atoms with E-state index in [1.165, 1.54) is 6.92 Å². The van der Waals surface area contributed by atoms with Crippen LogP contribution in [0.4, 0.5) is 0 Å². The zero-order valence-corrected chi connectivity index (χ0v) is 4.77. The first-order valence-electron chi connectivity index (χ1n) is 1.81. The topological polar surface area (TPSA) is 49.3 Å². The lowest BCUT2D eigenvalue weighted by atomic mass is 10.4. The average molecular weight is 121 g/mol. The average Bonchev–Trinajstić information content (AvgIpc) is 1.65. The van der Waals surface area contributed by atoms with E-state index in [0.717, 1.165) is 0 Å². The predicted octanol–water partition coefficient (Wildman–Crippen LogP) is -0.190. The third-order valence-corrected chi connectivity index (χ3v) is 0.951. The van der Waals surface area contributed by atoms with E-state index < -0.39 is 6.04 Å². The second-order valence-corrected chi connectivity index (χ2v) is 1.63. The minimum absolute atomic E-state index is 0.373. The normalized spacial score (nSPS) is 13.6. The minimum atomic E-state index is -0.566. The van der Waals surface area contributed by atoms with Crippen molar-refractivity contribution in [2.45, 2.75) is 13.0 Å². The Morgan fingerprint density at radius 3 is 2.43 bits per heavy atom. The third kappa shape index (κ3) is 2.61. The number of nitrogens with one attached hydrogen (secondary N) is 1. The molecule has 0 aromatic rings. The first-order chi connectivity index (χ1) is 3.18. The zero-order valence-electron chi connectivity index (χ0n) is 3.88. The molecule has 0 aromatic carbocycles. The molecular formula is C3H7NO2S. The molecule has 42 valence electrons. The van der Waals surface area contributed by atoms with Crippen molar-refractivity contribution in [1.29, 1.82) is 0 Å². The van der Waals surface area contributed by atoms with Gasteiger partial charge in [-0.3, -0.25) is 4.79 Å². The molecule has 1 atom stereocenters. The molecule has 0 fully saturated rings. The molecule has 0 saturated carbocycles. The zero-order chi connectivity index (χ0) is 5.86. The maximum Gasteiger partial charge on any atom is 0.204 e. The molecule has 2 N–H and O–H groups in total. The van der Waals surface area contributed by atoms with E-state index in [2.05, 4.69) is 12.6 Å². The summed E-state index contributed by atoms with van der Waals surface area (Å²) < 4.78 is 0. The summed E-state index contributed by atoms with van der Waals surface area (Å²) in [4.78, 5) is 10.0. The maximum atomic E-state index is 10.0. The Labute approximate surface area is 47.1 Å². The van der Waals surface area contributed by atoms with Crippen molar-refractivity contribution in [1.82, 2.24) is 5.48 Å². The summed E-state index contributed by atoms with van der Waals surface area (Å²) in [7, 11) is 0. The Bertz CT molecular complexity index is 75.3. The molecule has 0 aromatic heterocycles. The lowest BCUT2D eigenvalue weighted by Gasteiger charge is -1.99. The van der Waals surface area contributed by atoms with E-state index in [1.54, 1.807) is 5.48 Å². The Morgan fingerprint density at radius 2 is 2.43 bits per heavy atom. The minimum Gasteiger partial charge on any atom is -0.316 e. The van der Waals surface area contributed by atoms with Crippen LogP contribution in [-0.4, -0.2) is 16.4 Å². The van der Waals surface area contributed by atoms with E-state index in [4.69, 9.17) is 5.21 Å². The fourth-order valence-corrected chi connectivity index (χ4v) is 0.113. The smallest absolute Gasteiger partial charge is 0.204 e. The van der Waals surface area contributed by atoms with Gasteiger partial charge in [0.05, 0.1) is 6.04 Å². The van der Waals surface area contributed by atoms with Crippen molar-refractivity contribution >= 4 is 17.7 Å². The number of rotatable bonds is 2. The molecule has 0 saturated heterocycles. The van der Waals surface area contributed by atoms with Gasteiger partial charge in [0.25, 0.3) is 0 Å². The molecule has 3 nitrogen and oxygen atoms in total. The molecule has 4 heteroatoms. The van der Waals surface area contributed by atoms with Crippen LogP contribution in [0.1, 0.15) is 6.92 Å². The van der Waals surface area contributed by atoms with Crippen molar-refractivity contribution in [3.63, 3.8) is 0 Å². The molecule has 7 heavy (non-hydrogen) atoms. The van der Waals surface area contributed by atoms with Crippen LogP contribution in [-0.2, 0) is 4.79 Å². The van der Waals surface area contributed by atoms with Crippen molar-refractivity contribution in [2.75, 3.05) is 0 Å². The number of hydrogen-bond acceptors (Lipinski definition) is 3. The van der Waals surface area contributed by atoms with Gasteiger partial charge in [-0.25, -0.2) is 0 Å². The Kier molecular flexibility index (Phi) is 2.98. The van der Waals surface area contributed by atoms with Crippen LogP contribution >= 0.6 is 12.6 Å². The summed E-state index contributed by atoms with van der Waals surface area (Å²) in [5.41, 5.74) is 1.74. The van der Waals surface area contributed by atoms with Crippen molar-refractivity contribution < 1.29 is 10.0 Å². The lowest BCUT2D eigenvalue weighted by molar-refractivity contribution is -0.114. The van der Waals surface area contributed by atoms with Crippen molar-refractivity contribution in [3.8, 4) is 0 Å². The standard InChI is InChI=1S/C3H7NO2S/c1-2(4-6)3(5)7/h2,4,6H,1H3,(H,5,7). The molecule has 0 bridgehead atoms. The molecule has 0 amide bonds. The summed E-state index contributed by atoms with van der Waals surface area (Å²) in [6.07, 6.45) is 0. The van der Waals surface area contributed by atoms with Gasteiger partial charge in [0.1, 0.15) is 0 Å². The highest BCUT2D eigenvalue weighted by Crippen LogP contribution is 1.84. The summed E-state index contributed by atoms with van der Waals surface area (Å²) in [6, 6.07) is -0.566. The summed E-state index contributed by atoms with van der Waals surface area (Å²) in [5, 5.41) is 7.61. The molecule has 0 spiro atoms. The first-order valence-corrected chi connectivity index (χ1v) is 2.25. The molecule has 0 aliphatic heterocycles. The van der Waals surface area contributed by atoms with E-state index in [-0.39, 0.29) is 5.12 Å². The van der Waals surface area contributed by atoms with Gasteiger partial charge >= 0.3 is 0 Å².